The van der Waals surface area contributed by atoms with Gasteiger partial charge in [-0.1, -0.05) is 0 Å². The molecule has 0 aromatic carbocycles. The second-order valence-corrected chi connectivity index (χ2v) is 5.76. The van der Waals surface area contributed by atoms with E-state index < -0.39 is 36.4 Å². The van der Waals surface area contributed by atoms with Gasteiger partial charge in [0.05, 0.1) is 12.8 Å². The molecule has 0 aliphatic rings. The molecule has 0 aromatic rings. The Morgan fingerprint density at radius 3 is 0.920 bits per heavy atom. The zero-order chi connectivity index (χ0) is 21.4. The molecule has 0 saturated carbocycles. The average Bonchev–Trinajstić information content (AvgIpc) is 2.22. The van der Waals surface area contributed by atoms with E-state index in [0.29, 0.717) is 0 Å². The normalized spacial score (nSPS) is 9.96. The number of carboxylic acid groups (broad SMARTS) is 3. The summed E-state index contributed by atoms with van der Waals surface area (Å²) < 4.78 is 0. The number of aliphatic hydroxyl groups is 4. The van der Waals surface area contributed by atoms with Crippen LogP contribution in [0, 0.1) is 0 Å². The van der Waals surface area contributed by atoms with Crippen molar-refractivity contribution in [3.8, 4) is 0 Å². The Kier molecular flexibility index (Phi) is 21.2. The van der Waals surface area contributed by atoms with Crippen molar-refractivity contribution in [2.45, 2.75) is 78.3 Å². The molecule has 10 heteroatoms. The number of aliphatic hydroxyl groups excluding tert-OH is 3. The Labute approximate surface area is 147 Å². The zero-order valence-electron chi connectivity index (χ0n) is 15.5. The number of aliphatic carboxylic acids is 3. The Morgan fingerprint density at radius 1 is 0.680 bits per heavy atom. The summed E-state index contributed by atoms with van der Waals surface area (Å²) in [5, 5.41) is 58.0. The van der Waals surface area contributed by atoms with E-state index in [9.17, 15) is 14.4 Å². The van der Waals surface area contributed by atoms with Crippen LogP contribution in [0.1, 0.15) is 54.4 Å². The van der Waals surface area contributed by atoms with Crippen LogP contribution in [0.5, 0.6) is 0 Å². The highest BCUT2D eigenvalue weighted by Crippen LogP contribution is 2.15. The molecule has 0 rings (SSSR count). The summed E-state index contributed by atoms with van der Waals surface area (Å²) in [6.07, 6.45) is -2.79. The second-order valence-electron chi connectivity index (χ2n) is 5.76. The highest BCUT2D eigenvalue weighted by atomic mass is 16.4. The van der Waals surface area contributed by atoms with Gasteiger partial charge in [-0.15, -0.1) is 0 Å². The van der Waals surface area contributed by atoms with Crippen LogP contribution in [-0.2, 0) is 14.4 Å². The van der Waals surface area contributed by atoms with E-state index in [4.69, 9.17) is 35.7 Å². The van der Waals surface area contributed by atoms with Crippen molar-refractivity contribution < 1.29 is 50.1 Å². The van der Waals surface area contributed by atoms with E-state index in [-0.39, 0.29) is 18.3 Å². The quantitative estimate of drug-likeness (QED) is 0.343. The van der Waals surface area contributed by atoms with Gasteiger partial charge in [0.2, 0.25) is 0 Å². The summed E-state index contributed by atoms with van der Waals surface area (Å²) in [7, 11) is 0. The van der Waals surface area contributed by atoms with Crippen molar-refractivity contribution in [1.29, 1.82) is 0 Å². The predicted octanol–water partition coefficient (Wildman–Crippen LogP) is -0.0872. The molecule has 0 unspecified atom stereocenters. The highest BCUT2D eigenvalue weighted by Gasteiger charge is 2.40. The van der Waals surface area contributed by atoms with Gasteiger partial charge in [-0.25, -0.2) is 4.79 Å². The SMILES string of the molecule is CC(C)O.CC(C)O.CC(C)O.O=C(O)CC(O)(CC(=O)O)C(=O)O. The standard InChI is InChI=1S/C6H8O7.3C3H8O/c7-3(8)1-6(13,5(11)12)2-4(9)10;3*1-3(2)4/h13H,1-2H2,(H,7,8)(H,9,10)(H,11,12);3*3-4H,1-2H3. The lowest BCUT2D eigenvalue weighted by atomic mass is 9.96. The molecular weight excluding hydrogens is 340 g/mol. The summed E-state index contributed by atoms with van der Waals surface area (Å²) in [4.78, 5) is 30.5. The van der Waals surface area contributed by atoms with Gasteiger partial charge in [0.15, 0.2) is 5.60 Å². The molecule has 0 bridgehead atoms. The maximum Gasteiger partial charge on any atom is 0.336 e. The minimum atomic E-state index is -2.74. The molecule has 0 spiro atoms. The van der Waals surface area contributed by atoms with Gasteiger partial charge in [0, 0.05) is 18.3 Å². The second kappa shape index (κ2) is 17.1. The molecule has 0 saturated heterocycles. The lowest BCUT2D eigenvalue weighted by Crippen LogP contribution is -2.42. The largest absolute Gasteiger partial charge is 0.481 e. The van der Waals surface area contributed by atoms with Crippen LogP contribution in [0.2, 0.25) is 0 Å². The first-order chi connectivity index (χ1) is 11.0. The van der Waals surface area contributed by atoms with Crippen molar-refractivity contribution in [2.24, 2.45) is 0 Å². The Balaban J connectivity index is -0.000000150. The van der Waals surface area contributed by atoms with E-state index in [1.54, 1.807) is 41.5 Å². The summed E-state index contributed by atoms with van der Waals surface area (Å²) >= 11 is 0. The molecule has 0 heterocycles. The van der Waals surface area contributed by atoms with Gasteiger partial charge in [0.25, 0.3) is 0 Å². The first-order valence-corrected chi connectivity index (χ1v) is 7.41. The van der Waals surface area contributed by atoms with Crippen LogP contribution in [-0.4, -0.2) is 77.6 Å². The highest BCUT2D eigenvalue weighted by molar-refractivity contribution is 5.88. The first kappa shape index (κ1) is 31.1. The van der Waals surface area contributed by atoms with E-state index >= 15 is 0 Å². The van der Waals surface area contributed by atoms with E-state index in [1.165, 1.54) is 0 Å². The number of hydrogen-bond acceptors (Lipinski definition) is 7. The molecule has 25 heavy (non-hydrogen) atoms. The lowest BCUT2D eigenvalue weighted by molar-refractivity contribution is -0.170. The predicted molar refractivity (Wildman–Crippen MR) is 89.2 cm³/mol. The number of carboxylic acids is 3. The van der Waals surface area contributed by atoms with Gasteiger partial charge < -0.3 is 35.7 Å². The van der Waals surface area contributed by atoms with Crippen LogP contribution < -0.4 is 0 Å². The van der Waals surface area contributed by atoms with Crippen LogP contribution in [0.3, 0.4) is 0 Å². The molecule has 0 aliphatic heterocycles. The minimum Gasteiger partial charge on any atom is -0.481 e. The molecule has 0 fully saturated rings. The van der Waals surface area contributed by atoms with E-state index in [2.05, 4.69) is 0 Å². The van der Waals surface area contributed by atoms with Gasteiger partial charge >= 0.3 is 17.9 Å². The fraction of sp³-hybridized carbons (Fsp3) is 0.800. The van der Waals surface area contributed by atoms with Crippen molar-refractivity contribution in [1.82, 2.24) is 0 Å². The third-order valence-corrected chi connectivity index (χ3v) is 1.29. The van der Waals surface area contributed by atoms with Gasteiger partial charge in [-0.05, 0) is 41.5 Å². The smallest absolute Gasteiger partial charge is 0.336 e. The fourth-order valence-electron chi connectivity index (χ4n) is 0.714. The number of carbonyl (C=O) groups is 3. The fourth-order valence-corrected chi connectivity index (χ4v) is 0.714. The lowest BCUT2D eigenvalue weighted by Gasteiger charge is -2.18. The Hall–Kier alpha value is -1.75. The number of hydrogen-bond donors (Lipinski definition) is 7. The third-order valence-electron chi connectivity index (χ3n) is 1.29. The summed E-state index contributed by atoms with van der Waals surface area (Å²) in [5.41, 5.74) is -2.74. The van der Waals surface area contributed by atoms with Crippen LogP contribution in [0.15, 0.2) is 0 Å². The molecule has 0 atom stereocenters. The zero-order valence-corrected chi connectivity index (χ0v) is 15.5. The number of rotatable bonds is 5. The van der Waals surface area contributed by atoms with Gasteiger partial charge in [0.1, 0.15) is 0 Å². The molecule has 0 aliphatic carbocycles. The molecule has 0 aromatic heterocycles. The van der Waals surface area contributed by atoms with Crippen LogP contribution in [0.4, 0.5) is 0 Å². The summed E-state index contributed by atoms with van der Waals surface area (Å²) in [6, 6.07) is 0. The van der Waals surface area contributed by atoms with Gasteiger partial charge in [-0.3, -0.25) is 9.59 Å². The van der Waals surface area contributed by atoms with Crippen molar-refractivity contribution >= 4 is 17.9 Å². The van der Waals surface area contributed by atoms with E-state index in [1.807, 2.05) is 0 Å². The average molecular weight is 372 g/mol. The van der Waals surface area contributed by atoms with Crippen LogP contribution in [0.25, 0.3) is 0 Å². The topological polar surface area (TPSA) is 193 Å². The molecule has 152 valence electrons. The molecule has 0 amide bonds. The maximum atomic E-state index is 10.3. The van der Waals surface area contributed by atoms with E-state index in [0.717, 1.165) is 0 Å². The monoisotopic (exact) mass is 372 g/mol. The van der Waals surface area contributed by atoms with Crippen molar-refractivity contribution in [3.05, 3.63) is 0 Å². The summed E-state index contributed by atoms with van der Waals surface area (Å²) in [6.45, 7) is 10.3. The minimum absolute atomic E-state index is 0.167. The Bertz CT molecular complexity index is 325. The van der Waals surface area contributed by atoms with Crippen LogP contribution >= 0.6 is 0 Å². The molecule has 0 radical (unpaired) electrons. The van der Waals surface area contributed by atoms with Crippen molar-refractivity contribution in [2.75, 3.05) is 0 Å². The third kappa shape index (κ3) is 44.9. The molecular formula is C15H32O10. The maximum absolute atomic E-state index is 10.3. The Morgan fingerprint density at radius 2 is 0.840 bits per heavy atom. The first-order valence-electron chi connectivity index (χ1n) is 7.41. The molecule has 10 nitrogen and oxygen atoms in total. The molecule has 7 N–H and O–H groups in total. The van der Waals surface area contributed by atoms with Gasteiger partial charge in [-0.2, -0.15) is 0 Å². The summed E-state index contributed by atoms with van der Waals surface area (Å²) in [5.74, 6) is -5.02. The van der Waals surface area contributed by atoms with Crippen molar-refractivity contribution in [3.63, 3.8) is 0 Å².